The summed E-state index contributed by atoms with van der Waals surface area (Å²) in [6.45, 7) is 5.76. The zero-order valence-corrected chi connectivity index (χ0v) is 11.4. The Morgan fingerprint density at radius 1 is 1.16 bits per heavy atom. The first kappa shape index (κ1) is 12.2. The molecule has 0 spiro atoms. The molecular weight excluding hydrogens is 234 g/mol. The van der Waals surface area contributed by atoms with Crippen LogP contribution in [0.25, 0.3) is 11.1 Å². The van der Waals surface area contributed by atoms with Crippen molar-refractivity contribution in [3.05, 3.63) is 53.6 Å². The van der Waals surface area contributed by atoms with Crippen LogP contribution >= 0.6 is 0 Å². The molecule has 2 N–H and O–H groups in total. The third-order valence-electron chi connectivity index (χ3n) is 3.85. The van der Waals surface area contributed by atoms with Crippen molar-refractivity contribution in [3.8, 4) is 16.9 Å². The Bertz CT molecular complexity index is 616. The summed E-state index contributed by atoms with van der Waals surface area (Å²) in [5, 5.41) is 0. The summed E-state index contributed by atoms with van der Waals surface area (Å²) in [6, 6.07) is 14.8. The molecule has 0 saturated carbocycles. The topological polar surface area (TPSA) is 35.2 Å². The van der Waals surface area contributed by atoms with E-state index in [-0.39, 0.29) is 5.41 Å². The number of nitrogens with two attached hydrogens (primary N) is 1. The first-order valence-corrected chi connectivity index (χ1v) is 6.67. The van der Waals surface area contributed by atoms with Crippen LogP contribution in [0.1, 0.15) is 25.0 Å². The Hall–Kier alpha value is -1.80. The lowest BCUT2D eigenvalue weighted by atomic mass is 9.85. The Morgan fingerprint density at radius 2 is 1.95 bits per heavy atom. The van der Waals surface area contributed by atoms with Crippen LogP contribution in [0.2, 0.25) is 0 Å². The van der Waals surface area contributed by atoms with Gasteiger partial charge in [-0.3, -0.25) is 0 Å². The summed E-state index contributed by atoms with van der Waals surface area (Å²) in [6.07, 6.45) is 0. The monoisotopic (exact) mass is 253 g/mol. The van der Waals surface area contributed by atoms with Crippen LogP contribution in [-0.2, 0) is 12.0 Å². The van der Waals surface area contributed by atoms with E-state index in [2.05, 4.69) is 50.2 Å². The molecule has 2 heteroatoms. The first-order valence-electron chi connectivity index (χ1n) is 6.67. The molecule has 19 heavy (non-hydrogen) atoms. The van der Waals surface area contributed by atoms with Crippen molar-refractivity contribution in [2.45, 2.75) is 25.8 Å². The van der Waals surface area contributed by atoms with Crippen LogP contribution in [0, 0.1) is 0 Å². The maximum atomic E-state index is 5.83. The Morgan fingerprint density at radius 3 is 2.74 bits per heavy atom. The summed E-state index contributed by atoms with van der Waals surface area (Å²) in [4.78, 5) is 0. The normalized spacial score (nSPS) is 15.9. The summed E-state index contributed by atoms with van der Waals surface area (Å²) < 4.78 is 5.74. The SMILES string of the molecule is CC1(C)COc2ccc(-c3ccccc3CN)cc21. The highest BCUT2D eigenvalue weighted by molar-refractivity contribution is 5.70. The molecule has 0 amide bonds. The van der Waals surface area contributed by atoms with E-state index in [9.17, 15) is 0 Å². The van der Waals surface area contributed by atoms with Crippen LogP contribution in [0.5, 0.6) is 5.75 Å². The van der Waals surface area contributed by atoms with Gasteiger partial charge in [-0.1, -0.05) is 44.2 Å². The highest BCUT2D eigenvalue weighted by Gasteiger charge is 2.31. The molecule has 0 aromatic heterocycles. The standard InChI is InChI=1S/C17H19NO/c1-17(2)11-19-16-8-7-12(9-15(16)17)14-6-4-3-5-13(14)10-18/h3-9H,10-11,18H2,1-2H3. The van der Waals surface area contributed by atoms with Gasteiger partial charge in [0.2, 0.25) is 0 Å². The molecule has 0 aliphatic carbocycles. The van der Waals surface area contributed by atoms with E-state index in [1.807, 2.05) is 6.07 Å². The molecule has 1 heterocycles. The van der Waals surface area contributed by atoms with Gasteiger partial charge < -0.3 is 10.5 Å². The fraction of sp³-hybridized carbons (Fsp3) is 0.294. The van der Waals surface area contributed by atoms with Crippen molar-refractivity contribution >= 4 is 0 Å². The zero-order valence-electron chi connectivity index (χ0n) is 11.4. The lowest BCUT2D eigenvalue weighted by molar-refractivity contribution is 0.291. The number of rotatable bonds is 2. The first-order chi connectivity index (χ1) is 9.12. The van der Waals surface area contributed by atoms with E-state index in [1.165, 1.54) is 22.3 Å². The van der Waals surface area contributed by atoms with E-state index < -0.39 is 0 Å². The summed E-state index contributed by atoms with van der Waals surface area (Å²) in [5.41, 5.74) is 10.8. The van der Waals surface area contributed by atoms with Crippen molar-refractivity contribution in [3.63, 3.8) is 0 Å². The number of hydrogen-bond acceptors (Lipinski definition) is 2. The van der Waals surface area contributed by atoms with Crippen LogP contribution < -0.4 is 10.5 Å². The molecule has 0 atom stereocenters. The van der Waals surface area contributed by atoms with E-state index in [0.717, 1.165) is 12.4 Å². The second-order valence-corrected chi connectivity index (χ2v) is 5.74. The molecule has 1 aliphatic rings. The molecule has 0 unspecified atom stereocenters. The van der Waals surface area contributed by atoms with Gasteiger partial charge in [0.25, 0.3) is 0 Å². The van der Waals surface area contributed by atoms with Crippen LogP contribution in [0.4, 0.5) is 0 Å². The van der Waals surface area contributed by atoms with Gasteiger partial charge in [0.05, 0.1) is 6.61 Å². The average Bonchev–Trinajstić information content (AvgIpc) is 2.74. The van der Waals surface area contributed by atoms with Gasteiger partial charge in [-0.2, -0.15) is 0 Å². The number of ether oxygens (including phenoxy) is 1. The predicted octanol–water partition coefficient (Wildman–Crippen LogP) is 3.48. The molecular formula is C17H19NO. The van der Waals surface area contributed by atoms with Gasteiger partial charge in [0, 0.05) is 17.5 Å². The van der Waals surface area contributed by atoms with Crippen molar-refractivity contribution in [1.82, 2.24) is 0 Å². The van der Waals surface area contributed by atoms with Gasteiger partial charge in [0.15, 0.2) is 0 Å². The highest BCUT2D eigenvalue weighted by Crippen LogP contribution is 2.40. The van der Waals surface area contributed by atoms with E-state index in [0.29, 0.717) is 6.54 Å². The molecule has 2 aromatic rings. The van der Waals surface area contributed by atoms with Gasteiger partial charge in [-0.15, -0.1) is 0 Å². The minimum absolute atomic E-state index is 0.0863. The van der Waals surface area contributed by atoms with Crippen LogP contribution in [0.3, 0.4) is 0 Å². The van der Waals surface area contributed by atoms with Gasteiger partial charge in [-0.25, -0.2) is 0 Å². The predicted molar refractivity (Wildman–Crippen MR) is 78.3 cm³/mol. The largest absolute Gasteiger partial charge is 0.492 e. The minimum atomic E-state index is 0.0863. The van der Waals surface area contributed by atoms with Gasteiger partial charge >= 0.3 is 0 Å². The summed E-state index contributed by atoms with van der Waals surface area (Å²) in [5.74, 6) is 1.01. The third-order valence-corrected chi connectivity index (χ3v) is 3.85. The highest BCUT2D eigenvalue weighted by atomic mass is 16.5. The molecule has 0 fully saturated rings. The fourth-order valence-corrected chi connectivity index (χ4v) is 2.67. The quantitative estimate of drug-likeness (QED) is 0.889. The molecule has 0 saturated heterocycles. The van der Waals surface area contributed by atoms with Crippen LogP contribution in [0.15, 0.2) is 42.5 Å². The second-order valence-electron chi connectivity index (χ2n) is 5.74. The Kier molecular flexibility index (Phi) is 2.83. The number of hydrogen-bond donors (Lipinski definition) is 1. The molecule has 0 radical (unpaired) electrons. The van der Waals surface area contributed by atoms with Crippen molar-refractivity contribution in [2.24, 2.45) is 5.73 Å². The van der Waals surface area contributed by atoms with Crippen LogP contribution in [-0.4, -0.2) is 6.61 Å². The van der Waals surface area contributed by atoms with Crippen molar-refractivity contribution < 1.29 is 4.74 Å². The molecule has 98 valence electrons. The van der Waals surface area contributed by atoms with Crippen molar-refractivity contribution in [1.29, 1.82) is 0 Å². The molecule has 0 bridgehead atoms. The van der Waals surface area contributed by atoms with Crippen molar-refractivity contribution in [2.75, 3.05) is 6.61 Å². The summed E-state index contributed by atoms with van der Waals surface area (Å²) in [7, 11) is 0. The smallest absolute Gasteiger partial charge is 0.123 e. The Labute approximate surface area is 114 Å². The zero-order chi connectivity index (χ0) is 13.5. The molecule has 2 aromatic carbocycles. The van der Waals surface area contributed by atoms with Gasteiger partial charge in [-0.05, 0) is 28.8 Å². The van der Waals surface area contributed by atoms with E-state index in [4.69, 9.17) is 10.5 Å². The number of benzene rings is 2. The number of fused-ring (bicyclic) bond motifs is 1. The lowest BCUT2D eigenvalue weighted by Crippen LogP contribution is -2.18. The average molecular weight is 253 g/mol. The summed E-state index contributed by atoms with van der Waals surface area (Å²) >= 11 is 0. The third kappa shape index (κ3) is 2.02. The van der Waals surface area contributed by atoms with Gasteiger partial charge in [0.1, 0.15) is 5.75 Å². The molecule has 3 rings (SSSR count). The molecule has 2 nitrogen and oxygen atoms in total. The Balaban J connectivity index is 2.13. The maximum absolute atomic E-state index is 5.83. The fourth-order valence-electron chi connectivity index (χ4n) is 2.67. The maximum Gasteiger partial charge on any atom is 0.123 e. The minimum Gasteiger partial charge on any atom is -0.492 e. The molecule has 1 aliphatic heterocycles. The van der Waals surface area contributed by atoms with E-state index in [1.54, 1.807) is 0 Å². The van der Waals surface area contributed by atoms with E-state index >= 15 is 0 Å². The second kappa shape index (κ2) is 4.39. The lowest BCUT2D eigenvalue weighted by Gasteiger charge is -2.16.